The molecule has 2 N–H and O–H groups in total. The molecule has 2 amide bonds. The van der Waals surface area contributed by atoms with Crippen LogP contribution < -0.4 is 5.32 Å². The molecule has 3 rings (SSSR count). The van der Waals surface area contributed by atoms with E-state index < -0.39 is 5.60 Å². The largest absolute Gasteiger partial charge is 0.388 e. The van der Waals surface area contributed by atoms with Crippen molar-refractivity contribution in [3.63, 3.8) is 0 Å². The van der Waals surface area contributed by atoms with Crippen molar-refractivity contribution in [3.05, 3.63) is 35.9 Å². The molecule has 6 nitrogen and oxygen atoms in total. The van der Waals surface area contributed by atoms with Crippen molar-refractivity contribution in [2.24, 2.45) is 0 Å². The number of aliphatic hydroxyl groups is 1. The summed E-state index contributed by atoms with van der Waals surface area (Å²) < 4.78 is 0. The molecule has 2 fully saturated rings. The Bertz CT molecular complexity index is 643. The van der Waals surface area contributed by atoms with E-state index >= 15 is 0 Å². The van der Waals surface area contributed by atoms with E-state index in [2.05, 4.69) is 10.2 Å². The van der Waals surface area contributed by atoms with Crippen LogP contribution in [0.2, 0.25) is 0 Å². The highest BCUT2D eigenvalue weighted by molar-refractivity contribution is 5.94. The minimum Gasteiger partial charge on any atom is -0.388 e. The fourth-order valence-electron chi connectivity index (χ4n) is 4.24. The zero-order chi connectivity index (χ0) is 19.3. The number of β-amino-alcohol motifs (C(OH)–C–C–N with tert-alkyl or cyclic N) is 1. The molecule has 6 heteroatoms. The van der Waals surface area contributed by atoms with Crippen LogP contribution in [-0.4, -0.2) is 71.1 Å². The number of carbonyl (C=O) groups is 2. The number of piperidine rings is 1. The Morgan fingerprint density at radius 1 is 1.11 bits per heavy atom. The lowest BCUT2D eigenvalue weighted by Crippen LogP contribution is -2.50. The lowest BCUT2D eigenvalue weighted by molar-refractivity contribution is -0.120. The van der Waals surface area contributed by atoms with Crippen molar-refractivity contribution in [1.29, 1.82) is 0 Å². The number of nitrogens with zero attached hydrogens (tertiary/aromatic N) is 2. The van der Waals surface area contributed by atoms with Gasteiger partial charge in [0.25, 0.3) is 5.91 Å². The Labute approximate surface area is 161 Å². The molecule has 2 aliphatic heterocycles. The molecule has 0 spiro atoms. The summed E-state index contributed by atoms with van der Waals surface area (Å²) in [5, 5.41) is 14.1. The molecule has 27 heavy (non-hydrogen) atoms. The Morgan fingerprint density at radius 2 is 1.81 bits per heavy atom. The Balaban J connectivity index is 1.51. The monoisotopic (exact) mass is 373 g/mol. The van der Waals surface area contributed by atoms with Crippen LogP contribution in [0.25, 0.3) is 0 Å². The van der Waals surface area contributed by atoms with Gasteiger partial charge in [0, 0.05) is 51.3 Å². The highest BCUT2D eigenvalue weighted by Crippen LogP contribution is 2.26. The second-order valence-corrected chi connectivity index (χ2v) is 7.99. The number of carbonyl (C=O) groups excluding carboxylic acids is 2. The highest BCUT2D eigenvalue weighted by Gasteiger charge is 2.34. The summed E-state index contributed by atoms with van der Waals surface area (Å²) in [7, 11) is 0. The number of hydrogen-bond donors (Lipinski definition) is 2. The number of likely N-dealkylation sites (tertiary alicyclic amines) is 2. The zero-order valence-electron chi connectivity index (χ0n) is 16.2. The highest BCUT2D eigenvalue weighted by atomic mass is 16.3. The van der Waals surface area contributed by atoms with Gasteiger partial charge in [-0.25, -0.2) is 0 Å². The molecule has 0 aromatic heterocycles. The smallest absolute Gasteiger partial charge is 0.253 e. The van der Waals surface area contributed by atoms with Crippen molar-refractivity contribution in [2.45, 2.75) is 50.7 Å². The maximum atomic E-state index is 12.7. The second kappa shape index (κ2) is 8.85. The summed E-state index contributed by atoms with van der Waals surface area (Å²) in [5.74, 6) is 0.0787. The molecule has 1 aromatic rings. The summed E-state index contributed by atoms with van der Waals surface area (Å²) in [6.45, 7) is 5.27. The van der Waals surface area contributed by atoms with Gasteiger partial charge in [-0.3, -0.25) is 9.59 Å². The molecule has 2 aliphatic rings. The van der Waals surface area contributed by atoms with E-state index in [-0.39, 0.29) is 17.9 Å². The molecule has 1 unspecified atom stereocenters. The first-order valence-electron chi connectivity index (χ1n) is 10.0. The fraction of sp³-hybridized carbons (Fsp3) is 0.619. The van der Waals surface area contributed by atoms with E-state index in [1.165, 1.54) is 0 Å². The molecule has 0 bridgehead atoms. The van der Waals surface area contributed by atoms with Crippen molar-refractivity contribution >= 4 is 11.8 Å². The quantitative estimate of drug-likeness (QED) is 0.842. The lowest BCUT2D eigenvalue weighted by Gasteiger charge is -2.38. The average molecular weight is 373 g/mol. The predicted octanol–water partition coefficient (Wildman–Crippen LogP) is 1.64. The van der Waals surface area contributed by atoms with Crippen LogP contribution in [0, 0.1) is 0 Å². The van der Waals surface area contributed by atoms with Gasteiger partial charge in [0.05, 0.1) is 5.60 Å². The van der Waals surface area contributed by atoms with Crippen LogP contribution in [0.15, 0.2) is 30.3 Å². The van der Waals surface area contributed by atoms with E-state index in [1.54, 1.807) is 6.92 Å². The molecule has 148 valence electrons. The van der Waals surface area contributed by atoms with Gasteiger partial charge in [0.2, 0.25) is 5.91 Å². The molecule has 2 saturated heterocycles. The van der Waals surface area contributed by atoms with Gasteiger partial charge in [-0.05, 0) is 44.2 Å². The molecule has 2 heterocycles. The maximum absolute atomic E-state index is 12.7. The maximum Gasteiger partial charge on any atom is 0.253 e. The summed E-state index contributed by atoms with van der Waals surface area (Å²) in [4.78, 5) is 28.0. The van der Waals surface area contributed by atoms with Crippen molar-refractivity contribution in [1.82, 2.24) is 15.1 Å². The fourth-order valence-corrected chi connectivity index (χ4v) is 4.24. The molecular formula is C21H31N3O3. The third-order valence-corrected chi connectivity index (χ3v) is 5.74. The number of rotatable bonds is 4. The van der Waals surface area contributed by atoms with Gasteiger partial charge in [0.1, 0.15) is 0 Å². The van der Waals surface area contributed by atoms with Gasteiger partial charge in [-0.2, -0.15) is 0 Å². The first-order valence-corrected chi connectivity index (χ1v) is 10.0. The summed E-state index contributed by atoms with van der Waals surface area (Å²) in [6.07, 6.45) is 3.99. The lowest BCUT2D eigenvalue weighted by atomic mass is 9.93. The number of amides is 2. The van der Waals surface area contributed by atoms with Crippen LogP contribution in [0.3, 0.4) is 0 Å². The van der Waals surface area contributed by atoms with Gasteiger partial charge < -0.3 is 20.2 Å². The van der Waals surface area contributed by atoms with Gasteiger partial charge in [-0.1, -0.05) is 18.2 Å². The van der Waals surface area contributed by atoms with Gasteiger partial charge >= 0.3 is 0 Å². The van der Waals surface area contributed by atoms with Gasteiger partial charge in [0.15, 0.2) is 0 Å². The summed E-state index contributed by atoms with van der Waals surface area (Å²) >= 11 is 0. The van der Waals surface area contributed by atoms with Crippen molar-refractivity contribution < 1.29 is 14.7 Å². The molecule has 0 radical (unpaired) electrons. The third-order valence-electron chi connectivity index (χ3n) is 5.74. The first kappa shape index (κ1) is 19.8. The molecule has 1 aromatic carbocycles. The molecule has 1 atom stereocenters. The van der Waals surface area contributed by atoms with E-state index in [9.17, 15) is 14.7 Å². The minimum absolute atomic E-state index is 0.0269. The molecule has 0 aliphatic carbocycles. The molecular weight excluding hydrogens is 342 g/mol. The number of nitrogens with one attached hydrogen (secondary N) is 1. The van der Waals surface area contributed by atoms with E-state index in [0.717, 1.165) is 38.8 Å². The number of hydrogen-bond acceptors (Lipinski definition) is 4. The number of benzene rings is 1. The zero-order valence-corrected chi connectivity index (χ0v) is 16.2. The van der Waals surface area contributed by atoms with Crippen LogP contribution in [0.1, 0.15) is 49.4 Å². The SMILES string of the molecule is CC(=O)NC1CCN(CC2(O)CCCN(C(=O)c3ccccc3)CC2)CC1. The first-order chi connectivity index (χ1) is 13.0. The van der Waals surface area contributed by atoms with Crippen molar-refractivity contribution in [2.75, 3.05) is 32.7 Å². The Morgan fingerprint density at radius 3 is 2.48 bits per heavy atom. The van der Waals surface area contributed by atoms with Crippen LogP contribution in [0.5, 0.6) is 0 Å². The van der Waals surface area contributed by atoms with E-state index in [0.29, 0.717) is 31.6 Å². The standard InChI is InChI=1S/C21H31N3O3/c1-17(25)22-19-8-13-23(14-9-19)16-21(27)10-5-12-24(15-11-21)20(26)18-6-3-2-4-7-18/h2-4,6-7,19,27H,5,8-16H2,1H3,(H,22,25). The van der Waals surface area contributed by atoms with Crippen LogP contribution in [-0.2, 0) is 4.79 Å². The normalized spacial score (nSPS) is 25.0. The topological polar surface area (TPSA) is 72.9 Å². The van der Waals surface area contributed by atoms with Crippen molar-refractivity contribution in [3.8, 4) is 0 Å². The van der Waals surface area contributed by atoms with E-state index in [4.69, 9.17) is 0 Å². The Hall–Kier alpha value is -1.92. The third kappa shape index (κ3) is 5.53. The van der Waals surface area contributed by atoms with Gasteiger partial charge in [-0.15, -0.1) is 0 Å². The minimum atomic E-state index is -0.743. The molecule has 0 saturated carbocycles. The summed E-state index contributed by atoms with van der Waals surface area (Å²) in [5.41, 5.74) is -0.0324. The Kier molecular flexibility index (Phi) is 6.50. The van der Waals surface area contributed by atoms with Crippen LogP contribution >= 0.6 is 0 Å². The average Bonchev–Trinajstić information content (AvgIpc) is 2.85. The van der Waals surface area contributed by atoms with Crippen LogP contribution in [0.4, 0.5) is 0 Å². The van der Waals surface area contributed by atoms with E-state index in [1.807, 2.05) is 35.2 Å². The summed E-state index contributed by atoms with van der Waals surface area (Å²) in [6, 6.07) is 9.61. The second-order valence-electron chi connectivity index (χ2n) is 7.99. The predicted molar refractivity (Wildman–Crippen MR) is 104 cm³/mol.